The fraction of sp³-hybridized carbons (Fsp3) is 0.417. The Kier molecular flexibility index (Phi) is 3.75. The number of aryl methyl sites for hydroxylation is 1. The van der Waals surface area contributed by atoms with E-state index >= 15 is 0 Å². The van der Waals surface area contributed by atoms with Crippen LogP contribution in [0.4, 0.5) is 10.3 Å². The molecule has 2 rings (SSSR count). The maximum absolute atomic E-state index is 13.1. The number of fused-ring (bicyclic) bond motifs is 1. The van der Waals surface area contributed by atoms with Crippen LogP contribution in [-0.2, 0) is 16.9 Å². The molecule has 19 heavy (non-hydrogen) atoms. The van der Waals surface area contributed by atoms with Crippen LogP contribution in [0.3, 0.4) is 0 Å². The Bertz CT molecular complexity index is 694. The van der Waals surface area contributed by atoms with Crippen molar-refractivity contribution in [3.8, 4) is 0 Å². The molecule has 0 atom stereocenters. The van der Waals surface area contributed by atoms with Crippen molar-refractivity contribution in [2.24, 2.45) is 7.05 Å². The summed E-state index contributed by atoms with van der Waals surface area (Å²) in [5, 5.41) is 3.06. The molecule has 7 heteroatoms. The molecule has 1 heterocycles. The second kappa shape index (κ2) is 5.16. The van der Waals surface area contributed by atoms with Crippen LogP contribution in [0.15, 0.2) is 18.2 Å². The number of hydrogen-bond donors (Lipinski definition) is 1. The number of nitrogens with one attached hydrogen (secondary N) is 1. The summed E-state index contributed by atoms with van der Waals surface area (Å²) in [4.78, 5) is 4.32. The van der Waals surface area contributed by atoms with E-state index in [0.29, 0.717) is 29.9 Å². The van der Waals surface area contributed by atoms with Gasteiger partial charge in [0.2, 0.25) is 5.95 Å². The van der Waals surface area contributed by atoms with Gasteiger partial charge in [-0.3, -0.25) is 0 Å². The van der Waals surface area contributed by atoms with Gasteiger partial charge >= 0.3 is 0 Å². The average molecular weight is 285 g/mol. The maximum Gasteiger partial charge on any atom is 0.203 e. The van der Waals surface area contributed by atoms with Gasteiger partial charge in [-0.2, -0.15) is 0 Å². The summed E-state index contributed by atoms with van der Waals surface area (Å²) in [5.41, 5.74) is 1.40. The van der Waals surface area contributed by atoms with E-state index in [-0.39, 0.29) is 11.6 Å². The van der Waals surface area contributed by atoms with Crippen LogP contribution in [0.5, 0.6) is 0 Å². The molecule has 2 aromatic rings. The first kappa shape index (κ1) is 13.8. The fourth-order valence-electron chi connectivity index (χ4n) is 1.86. The van der Waals surface area contributed by atoms with Gasteiger partial charge in [0.1, 0.15) is 15.7 Å². The molecule has 0 amide bonds. The van der Waals surface area contributed by atoms with Gasteiger partial charge in [0.05, 0.1) is 16.8 Å². The standard InChI is InChI=1S/C12H16FN3O2S/c1-16-11-8-9(13)4-5-10(11)15-12(16)14-6-3-7-19(2,17)18/h4-5,8H,3,6-7H2,1-2H3,(H,14,15). The minimum absolute atomic E-state index is 0.137. The monoisotopic (exact) mass is 285 g/mol. The van der Waals surface area contributed by atoms with Crippen LogP contribution in [0.25, 0.3) is 11.0 Å². The highest BCUT2D eigenvalue weighted by Gasteiger charge is 2.08. The van der Waals surface area contributed by atoms with Crippen LogP contribution in [-0.4, -0.2) is 36.5 Å². The van der Waals surface area contributed by atoms with Crippen molar-refractivity contribution >= 4 is 26.8 Å². The van der Waals surface area contributed by atoms with Gasteiger partial charge in [0.15, 0.2) is 0 Å². The van der Waals surface area contributed by atoms with E-state index in [4.69, 9.17) is 0 Å². The first-order valence-corrected chi connectivity index (χ1v) is 7.96. The number of benzene rings is 1. The molecule has 0 saturated heterocycles. The minimum atomic E-state index is -2.94. The highest BCUT2D eigenvalue weighted by molar-refractivity contribution is 7.90. The van der Waals surface area contributed by atoms with Crippen LogP contribution >= 0.6 is 0 Å². The Morgan fingerprint density at radius 2 is 2.16 bits per heavy atom. The lowest BCUT2D eigenvalue weighted by Crippen LogP contribution is -2.11. The van der Waals surface area contributed by atoms with Crippen molar-refractivity contribution < 1.29 is 12.8 Å². The number of aromatic nitrogens is 2. The van der Waals surface area contributed by atoms with Gasteiger partial charge in [0, 0.05) is 19.8 Å². The van der Waals surface area contributed by atoms with E-state index in [0.717, 1.165) is 0 Å². The molecule has 0 aliphatic heterocycles. The van der Waals surface area contributed by atoms with Gasteiger partial charge < -0.3 is 9.88 Å². The van der Waals surface area contributed by atoms with E-state index < -0.39 is 9.84 Å². The normalized spacial score (nSPS) is 11.9. The van der Waals surface area contributed by atoms with Crippen molar-refractivity contribution in [1.82, 2.24) is 9.55 Å². The van der Waals surface area contributed by atoms with Crippen LogP contribution in [0, 0.1) is 5.82 Å². The number of imidazole rings is 1. The van der Waals surface area contributed by atoms with Crippen LogP contribution in [0.1, 0.15) is 6.42 Å². The molecular formula is C12H16FN3O2S. The minimum Gasteiger partial charge on any atom is -0.356 e. The summed E-state index contributed by atoms with van der Waals surface area (Å²) in [6.07, 6.45) is 1.72. The van der Waals surface area contributed by atoms with Gasteiger partial charge in [-0.25, -0.2) is 17.8 Å². The number of hydrogen-bond acceptors (Lipinski definition) is 4. The Hall–Kier alpha value is -1.63. The molecular weight excluding hydrogens is 269 g/mol. The quantitative estimate of drug-likeness (QED) is 0.847. The lowest BCUT2D eigenvalue weighted by Gasteiger charge is -2.05. The third-order valence-electron chi connectivity index (χ3n) is 2.82. The first-order valence-electron chi connectivity index (χ1n) is 5.90. The smallest absolute Gasteiger partial charge is 0.203 e. The molecule has 0 aliphatic rings. The Morgan fingerprint density at radius 1 is 1.42 bits per heavy atom. The zero-order chi connectivity index (χ0) is 14.0. The number of nitrogens with zero attached hydrogens (tertiary/aromatic N) is 2. The molecule has 5 nitrogen and oxygen atoms in total. The summed E-state index contributed by atoms with van der Waals surface area (Å²) >= 11 is 0. The maximum atomic E-state index is 13.1. The average Bonchev–Trinajstić information content (AvgIpc) is 2.61. The summed E-state index contributed by atoms with van der Waals surface area (Å²) in [6, 6.07) is 4.40. The van der Waals surface area contributed by atoms with Crippen molar-refractivity contribution in [1.29, 1.82) is 0 Å². The predicted octanol–water partition coefficient (Wildman–Crippen LogP) is 1.56. The lowest BCUT2D eigenvalue weighted by molar-refractivity contribution is 0.600. The summed E-state index contributed by atoms with van der Waals surface area (Å²) in [7, 11) is -1.15. The third-order valence-corrected chi connectivity index (χ3v) is 3.85. The Morgan fingerprint density at radius 3 is 2.84 bits per heavy atom. The summed E-state index contributed by atoms with van der Waals surface area (Å²) in [5.74, 6) is 0.437. The van der Waals surface area contributed by atoms with Gasteiger partial charge in [-0.1, -0.05) is 0 Å². The Balaban J connectivity index is 2.07. The number of rotatable bonds is 5. The molecule has 0 fully saturated rings. The molecule has 1 aromatic carbocycles. The molecule has 0 bridgehead atoms. The highest BCUT2D eigenvalue weighted by atomic mass is 32.2. The van der Waals surface area contributed by atoms with Crippen molar-refractivity contribution in [2.45, 2.75) is 6.42 Å². The van der Waals surface area contributed by atoms with Crippen molar-refractivity contribution in [3.05, 3.63) is 24.0 Å². The third kappa shape index (κ3) is 3.44. The van der Waals surface area contributed by atoms with Gasteiger partial charge in [-0.05, 0) is 24.6 Å². The first-order chi connectivity index (χ1) is 8.87. The number of halogens is 1. The van der Waals surface area contributed by atoms with E-state index in [9.17, 15) is 12.8 Å². The number of anilines is 1. The van der Waals surface area contributed by atoms with Gasteiger partial charge in [0.25, 0.3) is 0 Å². The molecule has 0 radical (unpaired) electrons. The molecule has 0 unspecified atom stereocenters. The van der Waals surface area contributed by atoms with Crippen LogP contribution in [0.2, 0.25) is 0 Å². The largest absolute Gasteiger partial charge is 0.356 e. The van der Waals surface area contributed by atoms with Crippen molar-refractivity contribution in [3.63, 3.8) is 0 Å². The van der Waals surface area contributed by atoms with E-state index in [1.54, 1.807) is 17.7 Å². The highest BCUT2D eigenvalue weighted by Crippen LogP contribution is 2.18. The molecule has 1 N–H and O–H groups in total. The topological polar surface area (TPSA) is 64.0 Å². The summed E-state index contributed by atoms with van der Waals surface area (Å²) < 4.78 is 36.9. The van der Waals surface area contributed by atoms with Crippen LogP contribution < -0.4 is 5.32 Å². The molecule has 104 valence electrons. The summed E-state index contributed by atoms with van der Waals surface area (Å²) in [6.45, 7) is 0.507. The van der Waals surface area contributed by atoms with E-state index in [1.807, 2.05) is 0 Å². The van der Waals surface area contributed by atoms with Crippen molar-refractivity contribution in [2.75, 3.05) is 23.9 Å². The zero-order valence-electron chi connectivity index (χ0n) is 10.9. The molecule has 0 spiro atoms. The second-order valence-electron chi connectivity index (χ2n) is 4.54. The Labute approximate surface area is 111 Å². The SMILES string of the molecule is Cn1c(NCCCS(C)(=O)=O)nc2ccc(F)cc21. The predicted molar refractivity (Wildman–Crippen MR) is 73.5 cm³/mol. The molecule has 0 saturated carbocycles. The number of sulfone groups is 1. The van der Waals surface area contributed by atoms with Gasteiger partial charge in [-0.15, -0.1) is 0 Å². The zero-order valence-corrected chi connectivity index (χ0v) is 11.7. The lowest BCUT2D eigenvalue weighted by atomic mass is 10.3. The molecule has 1 aromatic heterocycles. The molecule has 0 aliphatic carbocycles. The second-order valence-corrected chi connectivity index (χ2v) is 6.80. The van der Waals surface area contributed by atoms with E-state index in [1.165, 1.54) is 18.4 Å². The van der Waals surface area contributed by atoms with E-state index in [2.05, 4.69) is 10.3 Å². The fourth-order valence-corrected chi connectivity index (χ4v) is 2.52.